The Hall–Kier alpha value is -0.610. The Morgan fingerprint density at radius 1 is 1.62 bits per heavy atom. The van der Waals surface area contributed by atoms with Crippen LogP contribution < -0.4 is 11.1 Å². The van der Waals surface area contributed by atoms with Crippen LogP contribution in [-0.4, -0.2) is 31.2 Å². The number of carbonyl (C=O) groups is 1. The molecule has 0 spiro atoms. The SMILES string of the molecule is CCCC(CN)C(=O)NC1(C)CCCOC1. The summed E-state index contributed by atoms with van der Waals surface area (Å²) >= 11 is 0. The lowest BCUT2D eigenvalue weighted by Crippen LogP contribution is -2.53. The predicted octanol–water partition coefficient (Wildman–Crippen LogP) is 1.05. The zero-order chi connectivity index (χ0) is 12.0. The minimum atomic E-state index is -0.198. The summed E-state index contributed by atoms with van der Waals surface area (Å²) in [5.74, 6) is 0.0288. The van der Waals surface area contributed by atoms with Gasteiger partial charge in [-0.2, -0.15) is 0 Å². The first kappa shape index (κ1) is 13.5. The lowest BCUT2D eigenvalue weighted by atomic mass is 9.93. The number of ether oxygens (including phenoxy) is 1. The monoisotopic (exact) mass is 228 g/mol. The van der Waals surface area contributed by atoms with Crippen LogP contribution in [0.4, 0.5) is 0 Å². The third-order valence-electron chi connectivity index (χ3n) is 3.16. The second-order valence-electron chi connectivity index (χ2n) is 4.93. The molecule has 4 heteroatoms. The number of nitrogens with two attached hydrogens (primary N) is 1. The van der Waals surface area contributed by atoms with Gasteiger partial charge >= 0.3 is 0 Å². The number of hydrogen-bond donors (Lipinski definition) is 2. The van der Waals surface area contributed by atoms with E-state index in [-0.39, 0.29) is 17.4 Å². The van der Waals surface area contributed by atoms with Crippen LogP contribution in [0.5, 0.6) is 0 Å². The average Bonchev–Trinajstić information content (AvgIpc) is 2.26. The summed E-state index contributed by atoms with van der Waals surface area (Å²) in [5, 5.41) is 3.09. The van der Waals surface area contributed by atoms with E-state index in [0.29, 0.717) is 13.2 Å². The van der Waals surface area contributed by atoms with E-state index in [2.05, 4.69) is 12.2 Å². The fourth-order valence-electron chi connectivity index (χ4n) is 2.14. The molecule has 16 heavy (non-hydrogen) atoms. The van der Waals surface area contributed by atoms with Gasteiger partial charge in [0.1, 0.15) is 0 Å². The Bertz CT molecular complexity index is 225. The van der Waals surface area contributed by atoms with Crippen molar-refractivity contribution < 1.29 is 9.53 Å². The van der Waals surface area contributed by atoms with Gasteiger partial charge < -0.3 is 15.8 Å². The van der Waals surface area contributed by atoms with Crippen molar-refractivity contribution in [1.82, 2.24) is 5.32 Å². The summed E-state index contributed by atoms with van der Waals surface area (Å²) in [6.45, 7) is 5.96. The summed E-state index contributed by atoms with van der Waals surface area (Å²) in [6.07, 6.45) is 3.85. The maximum Gasteiger partial charge on any atom is 0.224 e. The van der Waals surface area contributed by atoms with Crippen LogP contribution in [0.3, 0.4) is 0 Å². The van der Waals surface area contributed by atoms with E-state index in [1.165, 1.54) is 0 Å². The number of rotatable bonds is 5. The van der Waals surface area contributed by atoms with Crippen LogP contribution in [0, 0.1) is 5.92 Å². The first-order valence-corrected chi connectivity index (χ1v) is 6.21. The van der Waals surface area contributed by atoms with Crippen LogP contribution in [-0.2, 0) is 9.53 Å². The Morgan fingerprint density at radius 3 is 2.88 bits per heavy atom. The molecule has 2 atom stereocenters. The largest absolute Gasteiger partial charge is 0.379 e. The van der Waals surface area contributed by atoms with E-state index in [4.69, 9.17) is 10.5 Å². The molecule has 1 aliphatic heterocycles. The van der Waals surface area contributed by atoms with Gasteiger partial charge in [-0.05, 0) is 26.2 Å². The molecular formula is C12H24N2O2. The van der Waals surface area contributed by atoms with Crippen molar-refractivity contribution in [2.45, 2.75) is 45.1 Å². The van der Waals surface area contributed by atoms with Gasteiger partial charge in [-0.1, -0.05) is 13.3 Å². The second kappa shape index (κ2) is 6.21. The Labute approximate surface area is 97.9 Å². The van der Waals surface area contributed by atoms with E-state index in [0.717, 1.165) is 32.3 Å². The predicted molar refractivity (Wildman–Crippen MR) is 64.1 cm³/mol. The molecule has 0 radical (unpaired) electrons. The number of amides is 1. The summed E-state index contributed by atoms with van der Waals surface area (Å²) in [6, 6.07) is 0. The molecule has 94 valence electrons. The van der Waals surface area contributed by atoms with Crippen molar-refractivity contribution in [3.05, 3.63) is 0 Å². The van der Waals surface area contributed by atoms with Gasteiger partial charge in [-0.25, -0.2) is 0 Å². The molecule has 1 heterocycles. The van der Waals surface area contributed by atoms with Crippen molar-refractivity contribution in [2.75, 3.05) is 19.8 Å². The van der Waals surface area contributed by atoms with Gasteiger partial charge in [0.2, 0.25) is 5.91 Å². The van der Waals surface area contributed by atoms with Crippen molar-refractivity contribution in [3.63, 3.8) is 0 Å². The molecule has 1 rings (SSSR count). The van der Waals surface area contributed by atoms with Crippen molar-refractivity contribution in [3.8, 4) is 0 Å². The van der Waals surface area contributed by atoms with Crippen LogP contribution in [0.1, 0.15) is 39.5 Å². The number of carbonyl (C=O) groups excluding carboxylic acids is 1. The maximum atomic E-state index is 12.0. The van der Waals surface area contributed by atoms with Gasteiger partial charge in [0, 0.05) is 13.2 Å². The number of hydrogen-bond acceptors (Lipinski definition) is 3. The van der Waals surface area contributed by atoms with Crippen molar-refractivity contribution in [1.29, 1.82) is 0 Å². The fourth-order valence-corrected chi connectivity index (χ4v) is 2.14. The first-order chi connectivity index (χ1) is 7.61. The smallest absolute Gasteiger partial charge is 0.224 e. The molecule has 0 aromatic carbocycles. The third-order valence-corrected chi connectivity index (χ3v) is 3.16. The van der Waals surface area contributed by atoms with Gasteiger partial charge in [-0.15, -0.1) is 0 Å². The van der Waals surface area contributed by atoms with E-state index < -0.39 is 0 Å². The highest BCUT2D eigenvalue weighted by Crippen LogP contribution is 2.19. The van der Waals surface area contributed by atoms with Gasteiger partial charge in [-0.3, -0.25) is 4.79 Å². The minimum Gasteiger partial charge on any atom is -0.379 e. The Balaban J connectivity index is 2.47. The molecule has 1 saturated heterocycles. The summed E-state index contributed by atoms with van der Waals surface area (Å²) < 4.78 is 5.41. The minimum absolute atomic E-state index is 0.0521. The summed E-state index contributed by atoms with van der Waals surface area (Å²) in [5.41, 5.74) is 5.42. The Kier molecular flexibility index (Phi) is 5.22. The molecule has 3 N–H and O–H groups in total. The fraction of sp³-hybridized carbons (Fsp3) is 0.917. The molecule has 0 aromatic rings. The molecule has 2 unspecified atom stereocenters. The maximum absolute atomic E-state index is 12.0. The molecule has 1 fully saturated rings. The Morgan fingerprint density at radius 2 is 2.38 bits per heavy atom. The molecule has 0 bridgehead atoms. The molecule has 0 saturated carbocycles. The number of nitrogens with one attached hydrogen (secondary N) is 1. The third kappa shape index (κ3) is 3.76. The normalized spacial score (nSPS) is 27.4. The lowest BCUT2D eigenvalue weighted by Gasteiger charge is -2.35. The molecule has 0 aromatic heterocycles. The van der Waals surface area contributed by atoms with Crippen molar-refractivity contribution >= 4 is 5.91 Å². The summed E-state index contributed by atoms with van der Waals surface area (Å²) in [4.78, 5) is 12.0. The van der Waals surface area contributed by atoms with Gasteiger partial charge in [0.25, 0.3) is 0 Å². The van der Waals surface area contributed by atoms with E-state index in [1.54, 1.807) is 0 Å². The molecule has 0 aliphatic carbocycles. The van der Waals surface area contributed by atoms with Crippen LogP contribution >= 0.6 is 0 Å². The second-order valence-corrected chi connectivity index (χ2v) is 4.93. The van der Waals surface area contributed by atoms with Crippen LogP contribution in [0.2, 0.25) is 0 Å². The quantitative estimate of drug-likeness (QED) is 0.739. The molecule has 1 amide bonds. The zero-order valence-electron chi connectivity index (χ0n) is 10.4. The van der Waals surface area contributed by atoms with Crippen LogP contribution in [0.15, 0.2) is 0 Å². The van der Waals surface area contributed by atoms with E-state index in [1.807, 2.05) is 6.92 Å². The summed E-state index contributed by atoms with van der Waals surface area (Å²) in [7, 11) is 0. The van der Waals surface area contributed by atoms with Gasteiger partial charge in [0.15, 0.2) is 0 Å². The highest BCUT2D eigenvalue weighted by Gasteiger charge is 2.31. The highest BCUT2D eigenvalue weighted by atomic mass is 16.5. The average molecular weight is 228 g/mol. The van der Waals surface area contributed by atoms with Crippen molar-refractivity contribution in [2.24, 2.45) is 11.7 Å². The topological polar surface area (TPSA) is 64.4 Å². The first-order valence-electron chi connectivity index (χ1n) is 6.21. The highest BCUT2D eigenvalue weighted by molar-refractivity contribution is 5.79. The zero-order valence-corrected chi connectivity index (χ0v) is 10.4. The van der Waals surface area contributed by atoms with E-state index in [9.17, 15) is 4.79 Å². The standard InChI is InChI=1S/C12H24N2O2/c1-3-5-10(8-13)11(15)14-12(2)6-4-7-16-9-12/h10H,3-9,13H2,1-2H3,(H,14,15). The lowest BCUT2D eigenvalue weighted by molar-refractivity contribution is -0.128. The molecule has 1 aliphatic rings. The van der Waals surface area contributed by atoms with Gasteiger partial charge in [0.05, 0.1) is 18.1 Å². The van der Waals surface area contributed by atoms with E-state index >= 15 is 0 Å². The van der Waals surface area contributed by atoms with Crippen LogP contribution in [0.25, 0.3) is 0 Å². The molecule has 4 nitrogen and oxygen atoms in total. The molecular weight excluding hydrogens is 204 g/mol.